The number of anilines is 1. The molecule has 0 saturated carbocycles. The SMILES string of the molecule is CC(C)(C)CN(c1ccnc(Cl)n1)N1CC(=O)NC1=O. The largest absolute Gasteiger partial charge is 0.343 e. The van der Waals surface area contributed by atoms with Crippen LogP contribution in [0.2, 0.25) is 5.28 Å². The third kappa shape index (κ3) is 3.36. The molecular formula is C12H16ClN5O2. The highest BCUT2D eigenvalue weighted by Gasteiger charge is 2.34. The second kappa shape index (κ2) is 5.24. The Bertz CT molecular complexity index is 543. The molecule has 3 amide bonds. The molecule has 0 unspecified atom stereocenters. The Morgan fingerprint density at radius 1 is 1.45 bits per heavy atom. The Kier molecular flexibility index (Phi) is 3.80. The number of carbonyl (C=O) groups excluding carboxylic acids is 2. The van der Waals surface area contributed by atoms with Crippen molar-refractivity contribution in [3.8, 4) is 0 Å². The van der Waals surface area contributed by atoms with Crippen LogP contribution in [0.25, 0.3) is 0 Å². The lowest BCUT2D eigenvalue weighted by molar-refractivity contribution is -0.118. The summed E-state index contributed by atoms with van der Waals surface area (Å²) in [7, 11) is 0. The highest BCUT2D eigenvalue weighted by Crippen LogP contribution is 2.23. The molecule has 1 aliphatic heterocycles. The smallest absolute Gasteiger partial charge is 0.275 e. The van der Waals surface area contributed by atoms with Crippen molar-refractivity contribution in [2.24, 2.45) is 5.41 Å². The molecule has 0 bridgehead atoms. The molecule has 1 aromatic rings. The maximum absolute atomic E-state index is 11.8. The summed E-state index contributed by atoms with van der Waals surface area (Å²) in [4.78, 5) is 31.1. The molecule has 0 spiro atoms. The third-order valence-electron chi connectivity index (χ3n) is 2.57. The number of hydrogen-bond donors (Lipinski definition) is 1. The molecule has 8 heteroatoms. The van der Waals surface area contributed by atoms with Crippen molar-refractivity contribution in [2.45, 2.75) is 20.8 Å². The molecule has 20 heavy (non-hydrogen) atoms. The van der Waals surface area contributed by atoms with Gasteiger partial charge in [0.25, 0.3) is 0 Å². The molecular weight excluding hydrogens is 282 g/mol. The Balaban J connectivity index is 2.34. The van der Waals surface area contributed by atoms with E-state index < -0.39 is 6.03 Å². The van der Waals surface area contributed by atoms with Gasteiger partial charge in [-0.3, -0.25) is 15.1 Å². The number of aromatic nitrogens is 2. The Hall–Kier alpha value is -1.89. The van der Waals surface area contributed by atoms with E-state index in [1.54, 1.807) is 11.1 Å². The zero-order valence-corrected chi connectivity index (χ0v) is 12.3. The van der Waals surface area contributed by atoms with Crippen LogP contribution < -0.4 is 10.3 Å². The van der Waals surface area contributed by atoms with Crippen molar-refractivity contribution in [1.82, 2.24) is 20.3 Å². The van der Waals surface area contributed by atoms with Gasteiger partial charge in [-0.05, 0) is 17.0 Å². The molecule has 1 aliphatic rings. The van der Waals surface area contributed by atoms with Crippen LogP contribution in [0.3, 0.4) is 0 Å². The molecule has 0 atom stereocenters. The maximum Gasteiger partial charge on any atom is 0.343 e. The fourth-order valence-electron chi connectivity index (χ4n) is 1.84. The fraction of sp³-hybridized carbons (Fsp3) is 0.500. The normalized spacial score (nSPS) is 15.5. The Morgan fingerprint density at radius 3 is 2.65 bits per heavy atom. The van der Waals surface area contributed by atoms with Crippen LogP contribution in [0.1, 0.15) is 20.8 Å². The van der Waals surface area contributed by atoms with Crippen LogP contribution in [0.5, 0.6) is 0 Å². The van der Waals surface area contributed by atoms with E-state index in [1.165, 1.54) is 11.2 Å². The number of nitrogens with zero attached hydrogens (tertiary/aromatic N) is 4. The zero-order valence-electron chi connectivity index (χ0n) is 11.6. The van der Waals surface area contributed by atoms with Gasteiger partial charge in [0, 0.05) is 18.8 Å². The van der Waals surface area contributed by atoms with Gasteiger partial charge in [0.1, 0.15) is 6.54 Å². The molecule has 0 aliphatic carbocycles. The van der Waals surface area contributed by atoms with Crippen LogP contribution in [0, 0.1) is 5.41 Å². The molecule has 2 heterocycles. The minimum Gasteiger partial charge on any atom is -0.275 e. The van der Waals surface area contributed by atoms with Gasteiger partial charge in [0.05, 0.1) is 0 Å². The number of amides is 3. The summed E-state index contributed by atoms with van der Waals surface area (Å²) >= 11 is 5.80. The Labute approximate surface area is 121 Å². The summed E-state index contributed by atoms with van der Waals surface area (Å²) in [6.07, 6.45) is 1.51. The van der Waals surface area contributed by atoms with Crippen LogP contribution in [0.4, 0.5) is 10.6 Å². The van der Waals surface area contributed by atoms with Crippen molar-refractivity contribution < 1.29 is 9.59 Å². The monoisotopic (exact) mass is 297 g/mol. The van der Waals surface area contributed by atoms with E-state index in [1.807, 2.05) is 20.8 Å². The van der Waals surface area contributed by atoms with Gasteiger partial charge in [0.2, 0.25) is 11.2 Å². The average molecular weight is 298 g/mol. The second-order valence-corrected chi connectivity index (χ2v) is 6.05. The number of halogens is 1. The molecule has 0 radical (unpaired) electrons. The first-order chi connectivity index (χ1) is 9.26. The average Bonchev–Trinajstić information content (AvgIpc) is 2.64. The van der Waals surface area contributed by atoms with Crippen molar-refractivity contribution in [3.63, 3.8) is 0 Å². The summed E-state index contributed by atoms with van der Waals surface area (Å²) < 4.78 is 0. The number of hydrogen-bond acceptors (Lipinski definition) is 5. The summed E-state index contributed by atoms with van der Waals surface area (Å²) in [5, 5.41) is 5.31. The minimum atomic E-state index is -0.464. The lowest BCUT2D eigenvalue weighted by Gasteiger charge is -2.35. The van der Waals surface area contributed by atoms with Gasteiger partial charge in [-0.1, -0.05) is 20.8 Å². The van der Waals surface area contributed by atoms with Gasteiger partial charge in [-0.15, -0.1) is 0 Å². The van der Waals surface area contributed by atoms with E-state index in [4.69, 9.17) is 11.6 Å². The van der Waals surface area contributed by atoms with E-state index in [2.05, 4.69) is 15.3 Å². The topological polar surface area (TPSA) is 78.4 Å². The fourth-order valence-corrected chi connectivity index (χ4v) is 1.98. The number of carbonyl (C=O) groups is 2. The Morgan fingerprint density at radius 2 is 2.15 bits per heavy atom. The number of imide groups is 1. The molecule has 2 rings (SSSR count). The van der Waals surface area contributed by atoms with Gasteiger partial charge in [0.15, 0.2) is 5.82 Å². The number of urea groups is 1. The third-order valence-corrected chi connectivity index (χ3v) is 2.75. The van der Waals surface area contributed by atoms with E-state index in [0.29, 0.717) is 12.4 Å². The van der Waals surface area contributed by atoms with Crippen molar-refractivity contribution >= 4 is 29.4 Å². The lowest BCUT2D eigenvalue weighted by atomic mass is 9.96. The van der Waals surface area contributed by atoms with Crippen LogP contribution in [-0.2, 0) is 4.79 Å². The van der Waals surface area contributed by atoms with E-state index >= 15 is 0 Å². The van der Waals surface area contributed by atoms with Gasteiger partial charge in [-0.2, -0.15) is 4.98 Å². The van der Waals surface area contributed by atoms with Crippen LogP contribution in [0.15, 0.2) is 12.3 Å². The molecule has 0 aromatic carbocycles. The predicted molar refractivity (Wildman–Crippen MR) is 74.1 cm³/mol. The highest BCUT2D eigenvalue weighted by molar-refractivity contribution is 6.28. The van der Waals surface area contributed by atoms with E-state index in [-0.39, 0.29) is 23.2 Å². The van der Waals surface area contributed by atoms with E-state index in [9.17, 15) is 9.59 Å². The molecule has 1 saturated heterocycles. The molecule has 108 valence electrons. The second-order valence-electron chi connectivity index (χ2n) is 5.71. The summed E-state index contributed by atoms with van der Waals surface area (Å²) in [5.74, 6) is 0.138. The van der Waals surface area contributed by atoms with Crippen molar-refractivity contribution in [3.05, 3.63) is 17.5 Å². The maximum atomic E-state index is 11.8. The molecule has 7 nitrogen and oxygen atoms in total. The van der Waals surface area contributed by atoms with Gasteiger partial charge < -0.3 is 0 Å². The minimum absolute atomic E-state index is 0.0312. The standard InChI is InChI=1S/C12H16ClN5O2/c1-12(2,3)7-18(8-4-5-14-10(13)15-8)17-6-9(19)16-11(17)20/h4-5H,6-7H2,1-3H3,(H,16,19,20). The molecule has 1 N–H and O–H groups in total. The van der Waals surface area contributed by atoms with Crippen LogP contribution >= 0.6 is 11.6 Å². The number of nitrogens with one attached hydrogen (secondary N) is 1. The summed E-state index contributed by atoms with van der Waals surface area (Å²) in [6, 6.07) is 1.18. The van der Waals surface area contributed by atoms with E-state index in [0.717, 1.165) is 0 Å². The van der Waals surface area contributed by atoms with Crippen LogP contribution in [-0.4, -0.2) is 40.0 Å². The number of hydrazine groups is 1. The predicted octanol–water partition coefficient (Wildman–Crippen LogP) is 1.45. The van der Waals surface area contributed by atoms with Crippen molar-refractivity contribution in [1.29, 1.82) is 0 Å². The van der Waals surface area contributed by atoms with Gasteiger partial charge in [-0.25, -0.2) is 14.8 Å². The first kappa shape index (κ1) is 14.5. The molecule has 1 fully saturated rings. The first-order valence-electron chi connectivity index (χ1n) is 6.14. The quantitative estimate of drug-likeness (QED) is 0.675. The summed E-state index contributed by atoms with van der Waals surface area (Å²) in [6.45, 7) is 6.55. The van der Waals surface area contributed by atoms with Crippen molar-refractivity contribution in [2.75, 3.05) is 18.1 Å². The molecule has 1 aromatic heterocycles. The summed E-state index contributed by atoms with van der Waals surface area (Å²) in [5.41, 5.74) is -0.108. The zero-order chi connectivity index (χ0) is 14.9. The highest BCUT2D eigenvalue weighted by atomic mass is 35.5. The lowest BCUT2D eigenvalue weighted by Crippen LogP contribution is -2.48. The van der Waals surface area contributed by atoms with Gasteiger partial charge >= 0.3 is 6.03 Å². The number of rotatable bonds is 3. The first-order valence-corrected chi connectivity index (χ1v) is 6.51.